The zero-order chi connectivity index (χ0) is 37.2. The summed E-state index contributed by atoms with van der Waals surface area (Å²) in [7, 11) is 0. The van der Waals surface area contributed by atoms with Crippen molar-refractivity contribution in [1.29, 1.82) is 0 Å². The molecule has 22 heteroatoms. The third kappa shape index (κ3) is 8.70. The second-order valence-corrected chi connectivity index (χ2v) is 12.6. The van der Waals surface area contributed by atoms with Gasteiger partial charge < -0.3 is 100.0 Å². The second kappa shape index (κ2) is 17.4. The highest BCUT2D eigenvalue weighted by Gasteiger charge is 2.56. The first-order chi connectivity index (χ1) is 23.5. The molecule has 4 saturated heterocycles. The van der Waals surface area contributed by atoms with Crippen LogP contribution in [0.1, 0.15) is 20.8 Å². The Kier molecular flexibility index (Phi) is 14.2. The molecule has 20 unspecified atom stereocenters. The van der Waals surface area contributed by atoms with E-state index in [1.54, 1.807) is 0 Å². The Labute approximate surface area is 285 Å². The Balaban J connectivity index is 1.75. The molecule has 4 aliphatic heterocycles. The van der Waals surface area contributed by atoms with Crippen LogP contribution in [-0.2, 0) is 42.7 Å². The van der Waals surface area contributed by atoms with Crippen molar-refractivity contribution in [1.82, 2.24) is 10.6 Å². The van der Waals surface area contributed by atoms with Crippen LogP contribution < -0.4 is 10.6 Å². The van der Waals surface area contributed by atoms with E-state index in [0.29, 0.717) is 0 Å². The van der Waals surface area contributed by atoms with Crippen molar-refractivity contribution >= 4 is 11.8 Å². The van der Waals surface area contributed by atoms with E-state index in [-0.39, 0.29) is 0 Å². The number of carbonyl (C=O) groups is 2. The predicted octanol–water partition coefficient (Wildman–Crippen LogP) is -8.43. The zero-order valence-corrected chi connectivity index (χ0v) is 27.3. The van der Waals surface area contributed by atoms with Gasteiger partial charge in [0.15, 0.2) is 25.2 Å². The molecular formula is C28H48N2O20. The zero-order valence-electron chi connectivity index (χ0n) is 27.3. The lowest BCUT2D eigenvalue weighted by Gasteiger charge is -2.51. The summed E-state index contributed by atoms with van der Waals surface area (Å²) in [6.45, 7) is 0.904. The number of ether oxygens (including phenoxy) is 7. The molecule has 0 saturated carbocycles. The molecule has 0 aromatic rings. The van der Waals surface area contributed by atoms with Crippen molar-refractivity contribution in [2.45, 2.75) is 143 Å². The number of nitrogens with one attached hydrogen (secondary N) is 2. The molecule has 20 atom stereocenters. The fourth-order valence-electron chi connectivity index (χ4n) is 6.27. The number of aliphatic hydroxyl groups excluding tert-OH is 11. The van der Waals surface area contributed by atoms with E-state index in [9.17, 15) is 65.8 Å². The average molecular weight is 733 g/mol. The van der Waals surface area contributed by atoms with E-state index < -0.39 is 154 Å². The molecule has 0 aliphatic carbocycles. The summed E-state index contributed by atoms with van der Waals surface area (Å²) in [6.07, 6.45) is -31.0. The Morgan fingerprint density at radius 1 is 0.520 bits per heavy atom. The van der Waals surface area contributed by atoms with E-state index in [4.69, 9.17) is 33.2 Å². The first kappa shape index (κ1) is 41.0. The van der Waals surface area contributed by atoms with E-state index in [0.717, 1.165) is 13.8 Å². The molecule has 4 heterocycles. The average Bonchev–Trinajstić information content (AvgIpc) is 3.07. The summed E-state index contributed by atoms with van der Waals surface area (Å²) in [5.41, 5.74) is 0. The van der Waals surface area contributed by atoms with Crippen LogP contribution in [-0.4, -0.2) is 211 Å². The standard InChI is InChI=1S/C28H48N2O20/c1-7-15(36)20(41)21(42)27(44-7)50-24-23(49-26-14(30-9(3)35)18(39)16(37)10(4-31)46-26)17(38)11(5-32)47-28(24)48-22-12(6-33)45-25(43)13(19(22)40)29-8(2)34/h7,10-28,31-33,36-43H,4-6H2,1-3H3,(H,29,34)(H,30,35). The normalized spacial score (nSPS) is 48.5. The van der Waals surface area contributed by atoms with Crippen molar-refractivity contribution in [3.8, 4) is 0 Å². The van der Waals surface area contributed by atoms with E-state index in [1.165, 1.54) is 6.92 Å². The third-order valence-electron chi connectivity index (χ3n) is 8.97. The number of hydrogen-bond acceptors (Lipinski definition) is 20. The molecule has 50 heavy (non-hydrogen) atoms. The number of aliphatic hydroxyl groups is 11. The Morgan fingerprint density at radius 3 is 1.62 bits per heavy atom. The summed E-state index contributed by atoms with van der Waals surface area (Å²) in [5, 5.41) is 120. The fourth-order valence-corrected chi connectivity index (χ4v) is 6.27. The molecular weight excluding hydrogens is 684 g/mol. The van der Waals surface area contributed by atoms with Gasteiger partial charge in [-0.25, -0.2) is 0 Å². The van der Waals surface area contributed by atoms with Gasteiger partial charge in [0.05, 0.1) is 25.9 Å². The molecule has 4 aliphatic rings. The van der Waals surface area contributed by atoms with Gasteiger partial charge in [-0.3, -0.25) is 9.59 Å². The molecule has 2 amide bonds. The first-order valence-corrected chi connectivity index (χ1v) is 15.9. The molecule has 13 N–H and O–H groups in total. The maximum atomic E-state index is 12.0. The molecule has 0 bridgehead atoms. The van der Waals surface area contributed by atoms with Gasteiger partial charge in [-0.2, -0.15) is 0 Å². The summed E-state index contributed by atoms with van der Waals surface area (Å²) < 4.78 is 40.3. The van der Waals surface area contributed by atoms with E-state index in [1.807, 2.05) is 0 Å². The van der Waals surface area contributed by atoms with Crippen molar-refractivity contribution in [2.24, 2.45) is 0 Å². The molecule has 0 radical (unpaired) electrons. The maximum Gasteiger partial charge on any atom is 0.217 e. The van der Waals surface area contributed by atoms with Crippen LogP contribution in [0.4, 0.5) is 0 Å². The topological polar surface area (TPSA) is 345 Å². The first-order valence-electron chi connectivity index (χ1n) is 15.9. The molecule has 0 aromatic heterocycles. The highest BCUT2D eigenvalue weighted by Crippen LogP contribution is 2.36. The number of carbonyl (C=O) groups excluding carboxylic acids is 2. The smallest absolute Gasteiger partial charge is 0.217 e. The van der Waals surface area contributed by atoms with Crippen LogP contribution >= 0.6 is 0 Å². The van der Waals surface area contributed by atoms with Crippen LogP contribution in [0.15, 0.2) is 0 Å². The van der Waals surface area contributed by atoms with Gasteiger partial charge in [-0.1, -0.05) is 0 Å². The molecule has 290 valence electrons. The van der Waals surface area contributed by atoms with Crippen molar-refractivity contribution in [2.75, 3.05) is 19.8 Å². The lowest BCUT2D eigenvalue weighted by molar-refractivity contribution is -0.398. The minimum atomic E-state index is -1.95. The molecule has 0 aromatic carbocycles. The lowest BCUT2D eigenvalue weighted by atomic mass is 9.94. The maximum absolute atomic E-state index is 12.0. The van der Waals surface area contributed by atoms with Crippen molar-refractivity contribution in [3.63, 3.8) is 0 Å². The number of hydrogen-bond donors (Lipinski definition) is 13. The third-order valence-corrected chi connectivity index (χ3v) is 8.97. The van der Waals surface area contributed by atoms with Crippen LogP contribution in [0, 0.1) is 0 Å². The number of rotatable bonds is 11. The van der Waals surface area contributed by atoms with E-state index >= 15 is 0 Å². The Bertz CT molecular complexity index is 1130. The predicted molar refractivity (Wildman–Crippen MR) is 156 cm³/mol. The lowest BCUT2D eigenvalue weighted by Crippen LogP contribution is -2.70. The van der Waals surface area contributed by atoms with Crippen molar-refractivity contribution in [3.05, 3.63) is 0 Å². The minimum absolute atomic E-state index is 0.682. The summed E-state index contributed by atoms with van der Waals surface area (Å²) in [4.78, 5) is 23.9. The Morgan fingerprint density at radius 2 is 1.04 bits per heavy atom. The molecule has 4 fully saturated rings. The quantitative estimate of drug-likeness (QED) is 0.0938. The fraction of sp³-hybridized carbons (Fsp3) is 0.929. The Hall–Kier alpha value is -1.78. The van der Waals surface area contributed by atoms with Crippen LogP contribution in [0.2, 0.25) is 0 Å². The van der Waals surface area contributed by atoms with Crippen LogP contribution in [0.5, 0.6) is 0 Å². The van der Waals surface area contributed by atoms with Crippen molar-refractivity contribution < 1.29 is 98.9 Å². The van der Waals surface area contributed by atoms with Gasteiger partial charge >= 0.3 is 0 Å². The molecule has 22 nitrogen and oxygen atoms in total. The summed E-state index contributed by atoms with van der Waals surface area (Å²) in [5.74, 6) is -1.40. The van der Waals surface area contributed by atoms with Gasteiger partial charge in [-0.15, -0.1) is 0 Å². The highest BCUT2D eigenvalue weighted by molar-refractivity contribution is 5.73. The number of amides is 2. The highest BCUT2D eigenvalue weighted by atomic mass is 16.8. The van der Waals surface area contributed by atoms with Gasteiger partial charge in [0.2, 0.25) is 11.8 Å². The van der Waals surface area contributed by atoms with Gasteiger partial charge in [0, 0.05) is 13.8 Å². The molecule has 0 spiro atoms. The van der Waals surface area contributed by atoms with Gasteiger partial charge in [0.25, 0.3) is 0 Å². The largest absolute Gasteiger partial charge is 0.394 e. The van der Waals surface area contributed by atoms with Gasteiger partial charge in [-0.05, 0) is 6.92 Å². The second-order valence-electron chi connectivity index (χ2n) is 12.6. The van der Waals surface area contributed by atoms with Gasteiger partial charge in [0.1, 0.15) is 91.4 Å². The van der Waals surface area contributed by atoms with Crippen LogP contribution in [0.25, 0.3) is 0 Å². The van der Waals surface area contributed by atoms with Crippen LogP contribution in [0.3, 0.4) is 0 Å². The summed E-state index contributed by atoms with van der Waals surface area (Å²) in [6, 6.07) is -3.05. The molecule has 4 rings (SSSR count). The van der Waals surface area contributed by atoms with E-state index in [2.05, 4.69) is 10.6 Å². The SMILES string of the molecule is CC(=O)NC1C(O)OC(CO)C(OC2OC(CO)C(O)C(OC3OC(CO)C(O)C(O)C3NC(C)=O)C2OC2OC(C)C(O)C(O)C2O)C1O. The minimum Gasteiger partial charge on any atom is -0.394 e. The monoisotopic (exact) mass is 732 g/mol. The summed E-state index contributed by atoms with van der Waals surface area (Å²) >= 11 is 0.